The lowest BCUT2D eigenvalue weighted by Gasteiger charge is -2.20. The van der Waals surface area contributed by atoms with Gasteiger partial charge in [-0.3, -0.25) is 4.79 Å². The van der Waals surface area contributed by atoms with Crippen LogP contribution in [0, 0.1) is 6.92 Å². The molecule has 1 saturated heterocycles. The Morgan fingerprint density at radius 2 is 1.92 bits per heavy atom. The summed E-state index contributed by atoms with van der Waals surface area (Å²) in [6.07, 6.45) is 3.97. The third-order valence-corrected chi connectivity index (χ3v) is 5.21. The van der Waals surface area contributed by atoms with Crippen LogP contribution in [-0.2, 0) is 17.6 Å². The first-order valence-electron chi connectivity index (χ1n) is 8.78. The maximum absolute atomic E-state index is 13.0. The second-order valence-corrected chi connectivity index (χ2v) is 6.87. The largest absolute Gasteiger partial charge is 0.480 e. The molecular formula is C19H21N3O3. The molecule has 1 N–H and O–H groups in total. The first kappa shape index (κ1) is 15.9. The first-order chi connectivity index (χ1) is 12.1. The van der Waals surface area contributed by atoms with Crippen molar-refractivity contribution in [1.29, 1.82) is 0 Å². The van der Waals surface area contributed by atoms with Gasteiger partial charge in [-0.1, -0.05) is 17.7 Å². The van der Waals surface area contributed by atoms with Gasteiger partial charge in [0, 0.05) is 17.8 Å². The monoisotopic (exact) mass is 339 g/mol. The first-order valence-corrected chi connectivity index (χ1v) is 8.78. The van der Waals surface area contributed by atoms with Gasteiger partial charge in [0.2, 0.25) is 0 Å². The molecule has 0 saturated carbocycles. The number of amides is 1. The summed E-state index contributed by atoms with van der Waals surface area (Å²) >= 11 is 0. The van der Waals surface area contributed by atoms with Crippen LogP contribution in [0.1, 0.15) is 46.6 Å². The summed E-state index contributed by atoms with van der Waals surface area (Å²) in [6, 6.07) is 7.34. The average Bonchev–Trinajstić information content (AvgIpc) is 3.31. The molecule has 25 heavy (non-hydrogen) atoms. The smallest absolute Gasteiger partial charge is 0.326 e. The standard InChI is InChI=1S/C19H21N3O3/c1-12-7-9-13(10-8-12)22-15-5-2-4-14(15)17(20-22)18(23)21-11-3-6-16(21)19(24)25/h7-10,16H,2-6,11H2,1H3,(H,24,25)/t16-/m1/s1. The zero-order valence-corrected chi connectivity index (χ0v) is 14.2. The number of hydrogen-bond donors (Lipinski definition) is 1. The Hall–Kier alpha value is -2.63. The molecule has 1 aromatic heterocycles. The highest BCUT2D eigenvalue weighted by Gasteiger charge is 2.37. The van der Waals surface area contributed by atoms with Gasteiger partial charge in [-0.2, -0.15) is 5.10 Å². The number of aryl methyl sites for hydroxylation is 1. The number of aliphatic carboxylic acids is 1. The quantitative estimate of drug-likeness (QED) is 0.931. The molecule has 0 unspecified atom stereocenters. The van der Waals surface area contributed by atoms with Gasteiger partial charge in [0.15, 0.2) is 5.69 Å². The van der Waals surface area contributed by atoms with Gasteiger partial charge in [-0.15, -0.1) is 0 Å². The molecule has 4 rings (SSSR count). The molecule has 1 aliphatic carbocycles. The lowest BCUT2D eigenvalue weighted by molar-refractivity contribution is -0.141. The van der Waals surface area contributed by atoms with Crippen LogP contribution in [0.2, 0.25) is 0 Å². The highest BCUT2D eigenvalue weighted by atomic mass is 16.4. The van der Waals surface area contributed by atoms with Crippen LogP contribution in [0.4, 0.5) is 0 Å². The normalized spacial score (nSPS) is 19.2. The number of likely N-dealkylation sites (tertiary alicyclic amines) is 1. The summed E-state index contributed by atoms with van der Waals surface area (Å²) in [5, 5.41) is 14.0. The lowest BCUT2D eigenvalue weighted by atomic mass is 10.1. The maximum Gasteiger partial charge on any atom is 0.326 e. The number of benzene rings is 1. The predicted molar refractivity (Wildman–Crippen MR) is 92.0 cm³/mol. The van der Waals surface area contributed by atoms with E-state index >= 15 is 0 Å². The molecule has 1 aromatic carbocycles. The molecule has 1 atom stereocenters. The number of fused-ring (bicyclic) bond motifs is 1. The Labute approximate surface area is 146 Å². The highest BCUT2D eigenvalue weighted by Crippen LogP contribution is 2.30. The molecule has 0 spiro atoms. The molecule has 1 fully saturated rings. The predicted octanol–water partition coefficient (Wildman–Crippen LogP) is 2.36. The fourth-order valence-electron chi connectivity index (χ4n) is 3.91. The van der Waals surface area contributed by atoms with E-state index in [2.05, 4.69) is 5.10 Å². The molecule has 2 heterocycles. The van der Waals surface area contributed by atoms with Crippen molar-refractivity contribution in [2.75, 3.05) is 6.54 Å². The van der Waals surface area contributed by atoms with E-state index in [0.29, 0.717) is 18.7 Å². The molecule has 0 radical (unpaired) electrons. The van der Waals surface area contributed by atoms with Crippen LogP contribution in [-0.4, -0.2) is 44.3 Å². The van der Waals surface area contributed by atoms with E-state index in [1.165, 1.54) is 10.5 Å². The molecule has 6 nitrogen and oxygen atoms in total. The van der Waals surface area contributed by atoms with Gasteiger partial charge < -0.3 is 10.0 Å². The van der Waals surface area contributed by atoms with E-state index in [1.807, 2.05) is 35.9 Å². The number of carboxylic acids is 1. The van der Waals surface area contributed by atoms with Gasteiger partial charge in [0.25, 0.3) is 5.91 Å². The summed E-state index contributed by atoms with van der Waals surface area (Å²) in [5.74, 6) is -1.17. The summed E-state index contributed by atoms with van der Waals surface area (Å²) in [6.45, 7) is 2.52. The Kier molecular flexibility index (Phi) is 3.82. The SMILES string of the molecule is Cc1ccc(-n2nc(C(=O)N3CCC[C@@H]3C(=O)O)c3c2CCC3)cc1. The topological polar surface area (TPSA) is 75.4 Å². The maximum atomic E-state index is 13.0. The second-order valence-electron chi connectivity index (χ2n) is 6.87. The third-order valence-electron chi connectivity index (χ3n) is 5.21. The van der Waals surface area contributed by atoms with Crippen molar-refractivity contribution in [3.8, 4) is 5.69 Å². The van der Waals surface area contributed by atoms with Crippen LogP contribution in [0.5, 0.6) is 0 Å². The van der Waals surface area contributed by atoms with Crippen molar-refractivity contribution in [3.63, 3.8) is 0 Å². The minimum absolute atomic E-state index is 0.242. The van der Waals surface area contributed by atoms with Crippen molar-refractivity contribution in [1.82, 2.24) is 14.7 Å². The van der Waals surface area contributed by atoms with Crippen molar-refractivity contribution < 1.29 is 14.7 Å². The molecule has 130 valence electrons. The number of carbonyl (C=O) groups is 2. The van der Waals surface area contributed by atoms with Crippen LogP contribution < -0.4 is 0 Å². The minimum atomic E-state index is -0.930. The number of nitrogens with zero attached hydrogens (tertiary/aromatic N) is 3. The van der Waals surface area contributed by atoms with E-state index in [9.17, 15) is 14.7 Å². The fourth-order valence-corrected chi connectivity index (χ4v) is 3.91. The van der Waals surface area contributed by atoms with Crippen molar-refractivity contribution in [3.05, 3.63) is 46.8 Å². The third kappa shape index (κ3) is 2.62. The van der Waals surface area contributed by atoms with Crippen LogP contribution in [0.3, 0.4) is 0 Å². The van der Waals surface area contributed by atoms with Gasteiger partial charge in [-0.05, 0) is 51.2 Å². The van der Waals surface area contributed by atoms with E-state index in [-0.39, 0.29) is 5.91 Å². The molecule has 0 bridgehead atoms. The number of hydrogen-bond acceptors (Lipinski definition) is 3. The lowest BCUT2D eigenvalue weighted by Crippen LogP contribution is -2.40. The Morgan fingerprint density at radius 1 is 1.16 bits per heavy atom. The number of carboxylic acid groups (broad SMARTS) is 1. The van der Waals surface area contributed by atoms with E-state index in [4.69, 9.17) is 0 Å². The van der Waals surface area contributed by atoms with Crippen molar-refractivity contribution in [2.24, 2.45) is 0 Å². The van der Waals surface area contributed by atoms with Gasteiger partial charge in [-0.25, -0.2) is 9.48 Å². The molecule has 2 aromatic rings. The van der Waals surface area contributed by atoms with Crippen LogP contribution in [0.25, 0.3) is 5.69 Å². The van der Waals surface area contributed by atoms with E-state index < -0.39 is 12.0 Å². The fraction of sp³-hybridized carbons (Fsp3) is 0.421. The van der Waals surface area contributed by atoms with Crippen molar-refractivity contribution in [2.45, 2.75) is 45.1 Å². The van der Waals surface area contributed by atoms with Crippen LogP contribution in [0.15, 0.2) is 24.3 Å². The highest BCUT2D eigenvalue weighted by molar-refractivity contribution is 5.97. The van der Waals surface area contributed by atoms with Crippen molar-refractivity contribution >= 4 is 11.9 Å². The summed E-state index contributed by atoms with van der Waals surface area (Å²) in [4.78, 5) is 25.9. The van der Waals surface area contributed by atoms with E-state index in [1.54, 1.807) is 0 Å². The number of rotatable bonds is 3. The Balaban J connectivity index is 1.74. The summed E-state index contributed by atoms with van der Waals surface area (Å²) in [7, 11) is 0. The summed E-state index contributed by atoms with van der Waals surface area (Å²) in [5.41, 5.74) is 4.62. The minimum Gasteiger partial charge on any atom is -0.480 e. The molecule has 2 aliphatic rings. The zero-order chi connectivity index (χ0) is 17.6. The van der Waals surface area contributed by atoms with Gasteiger partial charge in [0.05, 0.1) is 5.69 Å². The molecule has 1 amide bonds. The summed E-state index contributed by atoms with van der Waals surface area (Å²) < 4.78 is 1.86. The van der Waals surface area contributed by atoms with Crippen LogP contribution >= 0.6 is 0 Å². The molecule has 6 heteroatoms. The Bertz CT molecular complexity index is 838. The zero-order valence-electron chi connectivity index (χ0n) is 14.2. The molecule has 1 aliphatic heterocycles. The van der Waals surface area contributed by atoms with Gasteiger partial charge >= 0.3 is 5.97 Å². The Morgan fingerprint density at radius 3 is 2.64 bits per heavy atom. The molecular weight excluding hydrogens is 318 g/mol. The van der Waals surface area contributed by atoms with Gasteiger partial charge in [0.1, 0.15) is 6.04 Å². The second kappa shape index (κ2) is 6.02. The number of carbonyl (C=O) groups excluding carboxylic acids is 1. The number of aromatic nitrogens is 2. The van der Waals surface area contributed by atoms with E-state index in [0.717, 1.165) is 42.6 Å². The average molecular weight is 339 g/mol.